The van der Waals surface area contributed by atoms with E-state index in [1.807, 2.05) is 11.6 Å². The summed E-state index contributed by atoms with van der Waals surface area (Å²) in [5, 5.41) is 3.20. The largest absolute Gasteiger partial charge is 0.369 e. The van der Waals surface area contributed by atoms with E-state index in [9.17, 15) is 4.79 Å². The van der Waals surface area contributed by atoms with Crippen LogP contribution in [0.3, 0.4) is 0 Å². The second-order valence-electron chi connectivity index (χ2n) is 4.19. The average Bonchev–Trinajstić information content (AvgIpc) is 2.80. The Hall–Kier alpha value is -0.940. The second-order valence-corrected chi connectivity index (χ2v) is 5.17. The molecule has 1 aromatic rings. The predicted molar refractivity (Wildman–Crippen MR) is 64.2 cm³/mol. The van der Waals surface area contributed by atoms with E-state index in [1.165, 1.54) is 5.01 Å². The molecule has 2 rings (SSSR count). The van der Waals surface area contributed by atoms with Crippen molar-refractivity contribution in [1.82, 2.24) is 9.88 Å². The molecule has 1 aliphatic rings. The lowest BCUT2D eigenvalue weighted by Gasteiger charge is -2.30. The van der Waals surface area contributed by atoms with Gasteiger partial charge in [0.1, 0.15) is 0 Å². The number of nitrogens with zero attached hydrogens (tertiary/aromatic N) is 2. The van der Waals surface area contributed by atoms with Crippen LogP contribution in [0.25, 0.3) is 0 Å². The minimum absolute atomic E-state index is 0.0936. The molecule has 5 heteroatoms. The van der Waals surface area contributed by atoms with E-state index in [0.29, 0.717) is 0 Å². The minimum atomic E-state index is -0.139. The highest BCUT2D eigenvalue weighted by Gasteiger charge is 2.22. The maximum atomic E-state index is 11.0. The molecule has 0 spiro atoms. The first-order chi connectivity index (χ1) is 7.75. The molecule has 0 saturated carbocycles. The fraction of sp³-hybridized carbons (Fsp3) is 0.636. The summed E-state index contributed by atoms with van der Waals surface area (Å²) in [7, 11) is 0. The molecular formula is C11H17N3OS. The smallest absolute Gasteiger partial charge is 0.220 e. The number of amides is 1. The fourth-order valence-electron chi connectivity index (χ4n) is 2.07. The lowest BCUT2D eigenvalue weighted by molar-refractivity contribution is -0.123. The highest BCUT2D eigenvalue weighted by Crippen LogP contribution is 2.17. The Morgan fingerprint density at radius 1 is 1.56 bits per heavy atom. The van der Waals surface area contributed by atoms with Crippen molar-refractivity contribution in [2.45, 2.75) is 19.3 Å². The number of hydrogen-bond donors (Lipinski definition) is 1. The van der Waals surface area contributed by atoms with E-state index in [-0.39, 0.29) is 11.8 Å². The van der Waals surface area contributed by atoms with Crippen LogP contribution in [0, 0.1) is 5.92 Å². The number of aromatic nitrogens is 1. The molecule has 4 nitrogen and oxygen atoms in total. The molecule has 0 aromatic carbocycles. The van der Waals surface area contributed by atoms with Gasteiger partial charge in [-0.05, 0) is 25.9 Å². The van der Waals surface area contributed by atoms with Crippen molar-refractivity contribution in [3.8, 4) is 0 Å². The van der Waals surface area contributed by atoms with E-state index in [4.69, 9.17) is 5.73 Å². The summed E-state index contributed by atoms with van der Waals surface area (Å²) in [6.07, 6.45) is 4.68. The number of nitrogens with two attached hydrogens (primary N) is 1. The number of likely N-dealkylation sites (tertiary alicyclic amines) is 1. The van der Waals surface area contributed by atoms with Gasteiger partial charge in [-0.3, -0.25) is 4.79 Å². The van der Waals surface area contributed by atoms with E-state index in [0.717, 1.165) is 38.9 Å². The molecule has 0 radical (unpaired) electrons. The van der Waals surface area contributed by atoms with Crippen LogP contribution in [-0.2, 0) is 11.2 Å². The van der Waals surface area contributed by atoms with Crippen molar-refractivity contribution in [2.24, 2.45) is 11.7 Å². The second kappa shape index (κ2) is 5.41. The fourth-order valence-corrected chi connectivity index (χ4v) is 2.68. The van der Waals surface area contributed by atoms with Gasteiger partial charge in [-0.1, -0.05) is 0 Å². The maximum Gasteiger partial charge on any atom is 0.220 e. The van der Waals surface area contributed by atoms with Gasteiger partial charge in [0.2, 0.25) is 5.91 Å². The lowest BCUT2D eigenvalue weighted by atomic mass is 9.96. The molecular weight excluding hydrogens is 222 g/mol. The molecule has 1 aliphatic heterocycles. The van der Waals surface area contributed by atoms with Crippen LogP contribution in [0.4, 0.5) is 0 Å². The zero-order valence-corrected chi connectivity index (χ0v) is 10.1. The quantitative estimate of drug-likeness (QED) is 0.848. The number of carbonyl (C=O) groups excluding carboxylic acids is 1. The normalized spacial score (nSPS) is 18.8. The van der Waals surface area contributed by atoms with Gasteiger partial charge in [-0.2, -0.15) is 0 Å². The zero-order valence-electron chi connectivity index (χ0n) is 9.26. The van der Waals surface area contributed by atoms with Gasteiger partial charge < -0.3 is 10.6 Å². The Bertz CT molecular complexity index is 331. The van der Waals surface area contributed by atoms with Crippen molar-refractivity contribution in [3.63, 3.8) is 0 Å². The summed E-state index contributed by atoms with van der Waals surface area (Å²) in [4.78, 5) is 17.7. The summed E-state index contributed by atoms with van der Waals surface area (Å²) >= 11 is 1.71. The molecule has 2 heterocycles. The first kappa shape index (κ1) is 11.5. The van der Waals surface area contributed by atoms with Gasteiger partial charge in [0, 0.05) is 30.5 Å². The number of thiazole rings is 1. The van der Waals surface area contributed by atoms with Crippen molar-refractivity contribution in [1.29, 1.82) is 0 Å². The molecule has 16 heavy (non-hydrogen) atoms. The topological polar surface area (TPSA) is 59.2 Å². The molecule has 1 fully saturated rings. The molecule has 88 valence electrons. The van der Waals surface area contributed by atoms with Gasteiger partial charge >= 0.3 is 0 Å². The Morgan fingerprint density at radius 2 is 2.31 bits per heavy atom. The molecule has 1 amide bonds. The van der Waals surface area contributed by atoms with Crippen molar-refractivity contribution in [3.05, 3.63) is 16.6 Å². The summed E-state index contributed by atoms with van der Waals surface area (Å²) < 4.78 is 0. The first-order valence-electron chi connectivity index (χ1n) is 5.66. The number of piperidine rings is 1. The van der Waals surface area contributed by atoms with E-state index in [2.05, 4.69) is 9.88 Å². The van der Waals surface area contributed by atoms with Crippen LogP contribution in [-0.4, -0.2) is 35.4 Å². The van der Waals surface area contributed by atoms with Crippen molar-refractivity contribution < 1.29 is 4.79 Å². The Morgan fingerprint density at radius 3 is 2.88 bits per heavy atom. The number of hydrogen-bond acceptors (Lipinski definition) is 4. The third-order valence-corrected chi connectivity index (χ3v) is 3.95. The standard InChI is InChI=1S/C11H17N3OS/c12-11(15)9-1-5-14(6-2-9)7-3-10-13-4-8-16-10/h4,8-9H,1-3,5-7H2,(H2,12,15). The third kappa shape index (κ3) is 3.02. The number of carbonyl (C=O) groups is 1. The highest BCUT2D eigenvalue weighted by atomic mass is 32.1. The van der Waals surface area contributed by atoms with Gasteiger partial charge in [-0.15, -0.1) is 11.3 Å². The first-order valence-corrected chi connectivity index (χ1v) is 6.53. The molecule has 0 aliphatic carbocycles. The molecule has 0 bridgehead atoms. The van der Waals surface area contributed by atoms with Crippen LogP contribution in [0.2, 0.25) is 0 Å². The SMILES string of the molecule is NC(=O)C1CCN(CCc2nccs2)CC1. The van der Waals surface area contributed by atoms with E-state index in [1.54, 1.807) is 11.3 Å². The van der Waals surface area contributed by atoms with Crippen LogP contribution in [0.15, 0.2) is 11.6 Å². The van der Waals surface area contributed by atoms with Crippen molar-refractivity contribution >= 4 is 17.2 Å². The van der Waals surface area contributed by atoms with E-state index >= 15 is 0 Å². The maximum absolute atomic E-state index is 11.0. The van der Waals surface area contributed by atoms with Crippen LogP contribution in [0.1, 0.15) is 17.8 Å². The van der Waals surface area contributed by atoms with Crippen LogP contribution >= 0.6 is 11.3 Å². The molecule has 0 atom stereocenters. The summed E-state index contributed by atoms with van der Waals surface area (Å²) in [5.41, 5.74) is 5.30. The summed E-state index contributed by atoms with van der Waals surface area (Å²) in [5.74, 6) is -0.0457. The Balaban J connectivity index is 1.71. The molecule has 1 saturated heterocycles. The van der Waals surface area contributed by atoms with Crippen LogP contribution < -0.4 is 5.73 Å². The number of primary amides is 1. The van der Waals surface area contributed by atoms with Gasteiger partial charge in [0.25, 0.3) is 0 Å². The Kier molecular flexibility index (Phi) is 3.90. The average molecular weight is 239 g/mol. The predicted octanol–water partition coefficient (Wildman–Crippen LogP) is 0.883. The molecule has 1 aromatic heterocycles. The molecule has 0 unspecified atom stereocenters. The lowest BCUT2D eigenvalue weighted by Crippen LogP contribution is -2.39. The van der Waals surface area contributed by atoms with Gasteiger partial charge in [0.15, 0.2) is 0 Å². The van der Waals surface area contributed by atoms with Crippen molar-refractivity contribution in [2.75, 3.05) is 19.6 Å². The van der Waals surface area contributed by atoms with Crippen LogP contribution in [0.5, 0.6) is 0 Å². The minimum Gasteiger partial charge on any atom is -0.369 e. The van der Waals surface area contributed by atoms with E-state index < -0.39 is 0 Å². The summed E-state index contributed by atoms with van der Waals surface area (Å²) in [6.45, 7) is 3.01. The van der Waals surface area contributed by atoms with Gasteiger partial charge in [0.05, 0.1) is 5.01 Å². The highest BCUT2D eigenvalue weighted by molar-refractivity contribution is 7.09. The number of rotatable bonds is 4. The summed E-state index contributed by atoms with van der Waals surface area (Å²) in [6, 6.07) is 0. The third-order valence-electron chi connectivity index (χ3n) is 3.12. The molecule has 2 N–H and O–H groups in total. The Labute approximate surface area is 99.5 Å². The zero-order chi connectivity index (χ0) is 11.4. The van der Waals surface area contributed by atoms with Gasteiger partial charge in [-0.25, -0.2) is 4.98 Å². The monoisotopic (exact) mass is 239 g/mol.